The summed E-state index contributed by atoms with van der Waals surface area (Å²) in [4.78, 5) is 11.5. The molecule has 1 aromatic carbocycles. The van der Waals surface area contributed by atoms with Crippen LogP contribution in [0.3, 0.4) is 0 Å². The van der Waals surface area contributed by atoms with Crippen LogP contribution in [-0.4, -0.2) is 24.1 Å². The normalized spacial score (nSPS) is 10.9. The largest absolute Gasteiger partial charge is 0.377 e. The molecule has 3 nitrogen and oxygen atoms in total. The second-order valence-electron chi connectivity index (χ2n) is 3.62. The van der Waals surface area contributed by atoms with Gasteiger partial charge in [0.1, 0.15) is 6.61 Å². The Balaban J connectivity index is 2.30. The van der Waals surface area contributed by atoms with Gasteiger partial charge in [0.05, 0.1) is 6.54 Å². The van der Waals surface area contributed by atoms with Crippen molar-refractivity contribution in [2.24, 2.45) is 0 Å². The standard InChI is InChI=1S/C12H12ClNO2/c1-16-8-11(15)7-14-5-4-9-2-3-10(13)6-12(9)14/h2-6H,7-8H2,1H3. The number of hydrogen-bond acceptors (Lipinski definition) is 2. The SMILES string of the molecule is COCC(=O)Cn1ccc2ccc(Cl)cc21. The number of hydrogen-bond donors (Lipinski definition) is 0. The van der Waals surface area contributed by atoms with Gasteiger partial charge in [0.25, 0.3) is 0 Å². The number of rotatable bonds is 4. The molecule has 1 heterocycles. The van der Waals surface area contributed by atoms with Crippen LogP contribution < -0.4 is 0 Å². The molecule has 4 heteroatoms. The number of ketones is 1. The van der Waals surface area contributed by atoms with E-state index >= 15 is 0 Å². The molecule has 0 N–H and O–H groups in total. The molecule has 84 valence electrons. The third-order valence-corrected chi connectivity index (χ3v) is 2.62. The zero-order valence-corrected chi connectivity index (χ0v) is 9.70. The summed E-state index contributed by atoms with van der Waals surface area (Å²) in [6.45, 7) is 0.456. The first-order valence-corrected chi connectivity index (χ1v) is 5.33. The van der Waals surface area contributed by atoms with E-state index in [1.807, 2.05) is 35.0 Å². The van der Waals surface area contributed by atoms with Crippen molar-refractivity contribution in [1.29, 1.82) is 0 Å². The monoisotopic (exact) mass is 237 g/mol. The van der Waals surface area contributed by atoms with E-state index in [4.69, 9.17) is 16.3 Å². The molecule has 2 rings (SSSR count). The highest BCUT2D eigenvalue weighted by molar-refractivity contribution is 6.31. The molecule has 0 amide bonds. The van der Waals surface area contributed by atoms with Crippen LogP contribution in [0.25, 0.3) is 10.9 Å². The lowest BCUT2D eigenvalue weighted by molar-refractivity contribution is -0.123. The summed E-state index contributed by atoms with van der Waals surface area (Å²) in [5.74, 6) is 0.0416. The van der Waals surface area contributed by atoms with Gasteiger partial charge in [0.2, 0.25) is 0 Å². The number of carbonyl (C=O) groups excluding carboxylic acids is 1. The molecule has 0 radical (unpaired) electrons. The van der Waals surface area contributed by atoms with Gasteiger partial charge < -0.3 is 9.30 Å². The number of benzene rings is 1. The van der Waals surface area contributed by atoms with E-state index in [2.05, 4.69) is 0 Å². The van der Waals surface area contributed by atoms with E-state index in [0.29, 0.717) is 11.6 Å². The molecule has 0 bridgehead atoms. The second-order valence-corrected chi connectivity index (χ2v) is 4.05. The predicted molar refractivity (Wildman–Crippen MR) is 63.8 cm³/mol. The van der Waals surface area contributed by atoms with E-state index in [-0.39, 0.29) is 12.4 Å². The second kappa shape index (κ2) is 4.68. The molecule has 0 aliphatic carbocycles. The van der Waals surface area contributed by atoms with Gasteiger partial charge in [-0.15, -0.1) is 0 Å². The highest BCUT2D eigenvalue weighted by Crippen LogP contribution is 2.20. The molecule has 0 atom stereocenters. The highest BCUT2D eigenvalue weighted by atomic mass is 35.5. The van der Waals surface area contributed by atoms with Crippen LogP contribution in [0, 0.1) is 0 Å². The van der Waals surface area contributed by atoms with Gasteiger partial charge in [0, 0.05) is 23.8 Å². The third kappa shape index (κ3) is 2.26. The van der Waals surface area contributed by atoms with Crippen LogP contribution in [0.1, 0.15) is 0 Å². The van der Waals surface area contributed by atoms with Gasteiger partial charge in [-0.25, -0.2) is 0 Å². The zero-order chi connectivity index (χ0) is 11.5. The Labute approximate surface area is 98.6 Å². The van der Waals surface area contributed by atoms with Gasteiger partial charge in [0.15, 0.2) is 5.78 Å². The maximum atomic E-state index is 11.5. The number of Topliss-reactive ketones (excluding diaryl/α,β-unsaturated/α-hetero) is 1. The smallest absolute Gasteiger partial charge is 0.178 e. The summed E-state index contributed by atoms with van der Waals surface area (Å²) < 4.78 is 6.68. The molecular formula is C12H12ClNO2. The maximum absolute atomic E-state index is 11.5. The Bertz CT molecular complexity index is 519. The molecule has 0 saturated carbocycles. The predicted octanol–water partition coefficient (Wildman–Crippen LogP) is 2.51. The lowest BCUT2D eigenvalue weighted by Gasteiger charge is -2.04. The Morgan fingerprint density at radius 3 is 3.00 bits per heavy atom. The quantitative estimate of drug-likeness (QED) is 0.818. The molecule has 1 aromatic heterocycles. The minimum atomic E-state index is 0.0416. The summed E-state index contributed by atoms with van der Waals surface area (Å²) in [7, 11) is 1.52. The first-order valence-electron chi connectivity index (χ1n) is 4.96. The molecule has 0 fully saturated rings. The first-order chi connectivity index (χ1) is 7.70. The summed E-state index contributed by atoms with van der Waals surface area (Å²) >= 11 is 5.92. The van der Waals surface area contributed by atoms with E-state index in [1.165, 1.54) is 7.11 Å². The van der Waals surface area contributed by atoms with Crippen LogP contribution in [0.5, 0.6) is 0 Å². The van der Waals surface area contributed by atoms with Gasteiger partial charge in [-0.05, 0) is 23.6 Å². The number of methoxy groups -OCH3 is 1. The Morgan fingerprint density at radius 1 is 1.44 bits per heavy atom. The van der Waals surface area contributed by atoms with Crippen LogP contribution in [0.15, 0.2) is 30.5 Å². The summed E-state index contributed by atoms with van der Waals surface area (Å²) in [5.41, 5.74) is 0.969. The van der Waals surface area contributed by atoms with Crippen molar-refractivity contribution < 1.29 is 9.53 Å². The zero-order valence-electron chi connectivity index (χ0n) is 8.94. The lowest BCUT2D eigenvalue weighted by atomic mass is 10.2. The minimum Gasteiger partial charge on any atom is -0.377 e. The highest BCUT2D eigenvalue weighted by Gasteiger charge is 2.06. The molecular weight excluding hydrogens is 226 g/mol. The van der Waals surface area contributed by atoms with Gasteiger partial charge in [-0.2, -0.15) is 0 Å². The Kier molecular flexibility index (Phi) is 3.27. The van der Waals surface area contributed by atoms with Crippen molar-refractivity contribution in [3.05, 3.63) is 35.5 Å². The topological polar surface area (TPSA) is 31.2 Å². The summed E-state index contributed by atoms with van der Waals surface area (Å²) in [5, 5.41) is 1.75. The van der Waals surface area contributed by atoms with Gasteiger partial charge in [-0.3, -0.25) is 4.79 Å². The number of aromatic nitrogens is 1. The Hall–Kier alpha value is -1.32. The number of ether oxygens (including phenoxy) is 1. The third-order valence-electron chi connectivity index (χ3n) is 2.39. The number of nitrogens with zero attached hydrogens (tertiary/aromatic N) is 1. The van der Waals surface area contributed by atoms with Crippen molar-refractivity contribution in [1.82, 2.24) is 4.57 Å². The summed E-state index contributed by atoms with van der Waals surface area (Å²) in [6.07, 6.45) is 1.88. The molecule has 0 aliphatic heterocycles. The molecule has 0 aliphatic rings. The lowest BCUT2D eigenvalue weighted by Crippen LogP contribution is -2.14. The molecule has 2 aromatic rings. The van der Waals surface area contributed by atoms with E-state index < -0.39 is 0 Å². The van der Waals surface area contributed by atoms with Gasteiger partial charge in [-0.1, -0.05) is 17.7 Å². The maximum Gasteiger partial charge on any atom is 0.178 e. The molecule has 0 unspecified atom stereocenters. The van der Waals surface area contributed by atoms with Crippen molar-refractivity contribution >= 4 is 28.3 Å². The molecule has 0 spiro atoms. The van der Waals surface area contributed by atoms with Crippen molar-refractivity contribution in [3.63, 3.8) is 0 Å². The first kappa shape index (κ1) is 11.2. The van der Waals surface area contributed by atoms with Crippen LogP contribution >= 0.6 is 11.6 Å². The van der Waals surface area contributed by atoms with Crippen molar-refractivity contribution in [2.45, 2.75) is 6.54 Å². The molecule has 16 heavy (non-hydrogen) atoms. The fourth-order valence-electron chi connectivity index (χ4n) is 1.69. The van der Waals surface area contributed by atoms with Crippen molar-refractivity contribution in [2.75, 3.05) is 13.7 Å². The average molecular weight is 238 g/mol. The Morgan fingerprint density at radius 2 is 2.25 bits per heavy atom. The van der Waals surface area contributed by atoms with Crippen LogP contribution in [0.4, 0.5) is 0 Å². The van der Waals surface area contributed by atoms with E-state index in [9.17, 15) is 4.79 Å². The fraction of sp³-hybridized carbons (Fsp3) is 0.250. The van der Waals surface area contributed by atoms with Gasteiger partial charge >= 0.3 is 0 Å². The number of carbonyl (C=O) groups is 1. The average Bonchev–Trinajstić information content (AvgIpc) is 2.61. The van der Waals surface area contributed by atoms with Crippen molar-refractivity contribution in [3.8, 4) is 0 Å². The number of halogens is 1. The van der Waals surface area contributed by atoms with E-state index in [0.717, 1.165) is 10.9 Å². The minimum absolute atomic E-state index is 0.0416. The summed E-state index contributed by atoms with van der Waals surface area (Å²) in [6, 6.07) is 7.60. The van der Waals surface area contributed by atoms with Crippen LogP contribution in [0.2, 0.25) is 5.02 Å². The van der Waals surface area contributed by atoms with Crippen LogP contribution in [-0.2, 0) is 16.1 Å². The van der Waals surface area contributed by atoms with E-state index in [1.54, 1.807) is 0 Å². The number of fused-ring (bicyclic) bond motifs is 1. The molecule has 0 saturated heterocycles. The fourth-order valence-corrected chi connectivity index (χ4v) is 1.86.